The third kappa shape index (κ3) is 3.43. The maximum absolute atomic E-state index is 11.7. The lowest BCUT2D eigenvalue weighted by molar-refractivity contribution is -0.125. The summed E-state index contributed by atoms with van der Waals surface area (Å²) in [5.41, 5.74) is 6.04. The highest BCUT2D eigenvalue weighted by Crippen LogP contribution is 2.20. The van der Waals surface area contributed by atoms with Gasteiger partial charge >= 0.3 is 0 Å². The molecule has 3 N–H and O–H groups in total. The average Bonchev–Trinajstić information content (AvgIpc) is 2.31. The molecule has 0 heterocycles. The van der Waals surface area contributed by atoms with Crippen molar-refractivity contribution in [3.05, 3.63) is 28.8 Å². The Hall–Kier alpha value is -1.61. The van der Waals surface area contributed by atoms with E-state index in [-0.39, 0.29) is 6.54 Å². The van der Waals surface area contributed by atoms with Gasteiger partial charge in [-0.05, 0) is 18.2 Å². The third-order valence-corrected chi connectivity index (χ3v) is 2.39. The molecule has 0 fully saturated rings. The number of carbonyl (C=O) groups excluding carboxylic acids is 1. The van der Waals surface area contributed by atoms with Gasteiger partial charge in [-0.25, -0.2) is 0 Å². The predicted molar refractivity (Wildman–Crippen MR) is 64.6 cm³/mol. The predicted octanol–water partition coefficient (Wildman–Crippen LogP) is 1.12. The van der Waals surface area contributed by atoms with Crippen LogP contribution in [0.1, 0.15) is 5.56 Å². The summed E-state index contributed by atoms with van der Waals surface area (Å²) in [5, 5.41) is 11.9. The van der Waals surface area contributed by atoms with Crippen LogP contribution in [0.3, 0.4) is 0 Å². The average molecular weight is 254 g/mol. The summed E-state index contributed by atoms with van der Waals surface area (Å²) in [4.78, 5) is 11.7. The van der Waals surface area contributed by atoms with Gasteiger partial charge in [0.2, 0.25) is 0 Å². The van der Waals surface area contributed by atoms with E-state index in [4.69, 9.17) is 27.3 Å². The maximum atomic E-state index is 11.7. The summed E-state index contributed by atoms with van der Waals surface area (Å²) in [6, 6.07) is 6.56. The molecule has 0 saturated heterocycles. The number of rotatable bonds is 4. The van der Waals surface area contributed by atoms with Crippen molar-refractivity contribution >= 4 is 23.2 Å². The van der Waals surface area contributed by atoms with Gasteiger partial charge in [-0.15, -0.1) is 0 Å². The van der Waals surface area contributed by atoms with Crippen LogP contribution >= 0.6 is 11.6 Å². The second-order valence-electron chi connectivity index (χ2n) is 3.25. The molecule has 1 aromatic carbocycles. The second-order valence-corrected chi connectivity index (χ2v) is 3.69. The van der Waals surface area contributed by atoms with Gasteiger partial charge in [-0.1, -0.05) is 11.6 Å². The molecule has 1 amide bonds. The minimum Gasteiger partial charge on any atom is -0.370 e. The summed E-state index contributed by atoms with van der Waals surface area (Å²) in [6.45, 7) is 0.0603. The Bertz CT molecular complexity index is 453. The Morgan fingerprint density at radius 1 is 1.71 bits per heavy atom. The molecule has 0 aliphatic rings. The van der Waals surface area contributed by atoms with E-state index in [1.54, 1.807) is 6.07 Å². The molecule has 1 unspecified atom stereocenters. The van der Waals surface area contributed by atoms with Crippen molar-refractivity contribution in [3.63, 3.8) is 0 Å². The molecule has 0 aliphatic heterocycles. The van der Waals surface area contributed by atoms with Crippen molar-refractivity contribution in [2.24, 2.45) is 5.73 Å². The number of methoxy groups -OCH3 is 1. The zero-order valence-corrected chi connectivity index (χ0v) is 9.99. The minimum absolute atomic E-state index is 0.0603. The van der Waals surface area contributed by atoms with Gasteiger partial charge in [0.1, 0.15) is 12.2 Å². The zero-order valence-electron chi connectivity index (χ0n) is 9.24. The fraction of sp³-hybridized carbons (Fsp3) is 0.273. The molecule has 0 aliphatic carbocycles. The first-order valence-electron chi connectivity index (χ1n) is 4.85. The molecular formula is C11H12ClN3O2. The van der Waals surface area contributed by atoms with Gasteiger partial charge in [0.05, 0.1) is 11.3 Å². The molecule has 6 heteroatoms. The second kappa shape index (κ2) is 6.21. The number of hydrogen-bond donors (Lipinski definition) is 2. The highest BCUT2D eigenvalue weighted by Gasteiger charge is 2.17. The Morgan fingerprint density at radius 2 is 2.41 bits per heavy atom. The quantitative estimate of drug-likeness (QED) is 0.842. The van der Waals surface area contributed by atoms with Crippen LogP contribution < -0.4 is 11.1 Å². The number of amides is 1. The van der Waals surface area contributed by atoms with Crippen molar-refractivity contribution < 1.29 is 9.53 Å². The van der Waals surface area contributed by atoms with E-state index in [1.807, 2.05) is 6.07 Å². The number of ether oxygens (including phenoxy) is 1. The van der Waals surface area contributed by atoms with Crippen LogP contribution in [0.2, 0.25) is 5.02 Å². The highest BCUT2D eigenvalue weighted by molar-refractivity contribution is 6.31. The normalized spacial score (nSPS) is 11.6. The largest absolute Gasteiger partial charge is 0.370 e. The topological polar surface area (TPSA) is 88.1 Å². The maximum Gasteiger partial charge on any atom is 0.254 e. The first kappa shape index (κ1) is 13.5. The van der Waals surface area contributed by atoms with E-state index < -0.39 is 12.0 Å². The molecule has 90 valence electrons. The third-order valence-electron chi connectivity index (χ3n) is 2.15. The Kier molecular flexibility index (Phi) is 4.91. The van der Waals surface area contributed by atoms with Gasteiger partial charge in [-0.3, -0.25) is 4.79 Å². The smallest absolute Gasteiger partial charge is 0.254 e. The zero-order chi connectivity index (χ0) is 12.8. The summed E-state index contributed by atoms with van der Waals surface area (Å²) in [7, 11) is 1.39. The number of hydrogen-bond acceptors (Lipinski definition) is 4. The molecule has 0 aromatic heterocycles. The van der Waals surface area contributed by atoms with Crippen molar-refractivity contribution in [2.45, 2.75) is 6.10 Å². The van der Waals surface area contributed by atoms with E-state index in [0.29, 0.717) is 16.3 Å². The molecule has 0 spiro atoms. The number of nitrogens with zero attached hydrogens (tertiary/aromatic N) is 1. The molecular weight excluding hydrogens is 242 g/mol. The molecule has 0 radical (unpaired) electrons. The van der Waals surface area contributed by atoms with E-state index in [2.05, 4.69) is 5.32 Å². The lowest BCUT2D eigenvalue weighted by Gasteiger charge is -2.13. The van der Waals surface area contributed by atoms with E-state index >= 15 is 0 Å². The van der Waals surface area contributed by atoms with E-state index in [9.17, 15) is 4.79 Å². The molecule has 0 bridgehead atoms. The Morgan fingerprint density at radius 3 is 2.94 bits per heavy atom. The summed E-state index contributed by atoms with van der Waals surface area (Å²) in [5.74, 6) is -0.409. The van der Waals surface area contributed by atoms with Crippen LogP contribution in [0.5, 0.6) is 0 Å². The van der Waals surface area contributed by atoms with Crippen LogP contribution in [0, 0.1) is 11.3 Å². The van der Waals surface area contributed by atoms with Crippen LogP contribution in [0.4, 0.5) is 5.69 Å². The van der Waals surface area contributed by atoms with Crippen molar-refractivity contribution in [1.82, 2.24) is 0 Å². The van der Waals surface area contributed by atoms with Gasteiger partial charge in [0, 0.05) is 18.7 Å². The van der Waals surface area contributed by atoms with Gasteiger partial charge < -0.3 is 15.8 Å². The number of halogens is 1. The molecule has 1 atom stereocenters. The van der Waals surface area contributed by atoms with Crippen molar-refractivity contribution in [3.8, 4) is 6.07 Å². The molecule has 1 aromatic rings. The number of nitrogens with two attached hydrogens (primary N) is 1. The van der Waals surface area contributed by atoms with Gasteiger partial charge in [-0.2, -0.15) is 5.26 Å². The Labute approximate surface area is 104 Å². The first-order chi connectivity index (χ1) is 8.12. The van der Waals surface area contributed by atoms with Crippen LogP contribution in [-0.2, 0) is 9.53 Å². The number of nitrogens with one attached hydrogen (secondary N) is 1. The van der Waals surface area contributed by atoms with Crippen molar-refractivity contribution in [2.75, 3.05) is 19.0 Å². The fourth-order valence-electron chi connectivity index (χ4n) is 1.24. The van der Waals surface area contributed by atoms with Crippen LogP contribution in [-0.4, -0.2) is 25.7 Å². The standard InChI is InChI=1S/C11H12ClN3O2/c1-17-10(6-14)11(16)15-9-4-8(12)3-2-7(9)5-13/h2-4,10H,6,14H2,1H3,(H,15,16). The summed E-state index contributed by atoms with van der Waals surface area (Å²) >= 11 is 5.79. The van der Waals surface area contributed by atoms with E-state index in [1.165, 1.54) is 19.2 Å². The van der Waals surface area contributed by atoms with Gasteiger partial charge in [0.25, 0.3) is 5.91 Å². The fourth-order valence-corrected chi connectivity index (χ4v) is 1.41. The highest BCUT2D eigenvalue weighted by atomic mass is 35.5. The lowest BCUT2D eigenvalue weighted by atomic mass is 10.2. The molecule has 0 saturated carbocycles. The lowest BCUT2D eigenvalue weighted by Crippen LogP contribution is -2.36. The molecule has 17 heavy (non-hydrogen) atoms. The monoisotopic (exact) mass is 253 g/mol. The van der Waals surface area contributed by atoms with E-state index in [0.717, 1.165) is 0 Å². The van der Waals surface area contributed by atoms with Crippen LogP contribution in [0.15, 0.2) is 18.2 Å². The Balaban J connectivity index is 2.91. The number of carbonyl (C=O) groups is 1. The number of benzene rings is 1. The minimum atomic E-state index is -0.750. The molecule has 1 rings (SSSR count). The first-order valence-corrected chi connectivity index (χ1v) is 5.23. The number of nitriles is 1. The van der Waals surface area contributed by atoms with Gasteiger partial charge in [0.15, 0.2) is 0 Å². The number of anilines is 1. The molecule has 5 nitrogen and oxygen atoms in total. The van der Waals surface area contributed by atoms with Crippen LogP contribution in [0.25, 0.3) is 0 Å². The SMILES string of the molecule is COC(CN)C(=O)Nc1cc(Cl)ccc1C#N. The summed E-state index contributed by atoms with van der Waals surface area (Å²) in [6.07, 6.45) is -0.750. The summed E-state index contributed by atoms with van der Waals surface area (Å²) < 4.78 is 4.88. The van der Waals surface area contributed by atoms with Crippen molar-refractivity contribution in [1.29, 1.82) is 5.26 Å².